The number of rotatable bonds is 2. The minimum atomic E-state index is -0.846. The average molecular weight is 240 g/mol. The number of benzene rings is 1. The van der Waals surface area contributed by atoms with Crippen molar-refractivity contribution in [1.82, 2.24) is 9.38 Å². The van der Waals surface area contributed by atoms with Crippen LogP contribution in [0.25, 0.3) is 16.6 Å². The van der Waals surface area contributed by atoms with Gasteiger partial charge in [-0.3, -0.25) is 9.20 Å². The van der Waals surface area contributed by atoms with E-state index in [2.05, 4.69) is 11.1 Å². The lowest BCUT2D eigenvalue weighted by Crippen LogP contribution is -2.03. The van der Waals surface area contributed by atoms with E-state index < -0.39 is 5.97 Å². The summed E-state index contributed by atoms with van der Waals surface area (Å²) >= 11 is 0. The first-order valence-electron chi connectivity index (χ1n) is 5.72. The third-order valence-corrected chi connectivity index (χ3v) is 3.03. The second kappa shape index (κ2) is 3.84. The molecule has 2 aromatic heterocycles. The van der Waals surface area contributed by atoms with E-state index in [1.165, 1.54) is 5.56 Å². The van der Waals surface area contributed by atoms with E-state index in [1.807, 2.05) is 35.6 Å². The second-order valence-electron chi connectivity index (χ2n) is 4.41. The largest absolute Gasteiger partial charge is 0.481 e. The molecule has 1 aromatic carbocycles. The van der Waals surface area contributed by atoms with Crippen LogP contribution in [0.1, 0.15) is 11.3 Å². The maximum atomic E-state index is 10.9. The Hall–Kier alpha value is -2.36. The molecule has 4 nitrogen and oxygen atoms in total. The number of aryl methyl sites for hydroxylation is 1. The van der Waals surface area contributed by atoms with Crippen LogP contribution in [0.3, 0.4) is 0 Å². The van der Waals surface area contributed by atoms with E-state index in [9.17, 15) is 4.79 Å². The highest BCUT2D eigenvalue weighted by Crippen LogP contribution is 2.20. The summed E-state index contributed by atoms with van der Waals surface area (Å²) in [6, 6.07) is 10.0. The van der Waals surface area contributed by atoms with Gasteiger partial charge < -0.3 is 5.11 Å². The van der Waals surface area contributed by atoms with Gasteiger partial charge in [0, 0.05) is 6.20 Å². The molecule has 3 aromatic rings. The lowest BCUT2D eigenvalue weighted by atomic mass is 10.1. The van der Waals surface area contributed by atoms with Gasteiger partial charge in [0.05, 0.1) is 17.6 Å². The molecule has 0 spiro atoms. The molecule has 0 aliphatic carbocycles. The van der Waals surface area contributed by atoms with Crippen molar-refractivity contribution in [1.29, 1.82) is 0 Å². The third kappa shape index (κ3) is 1.62. The fourth-order valence-corrected chi connectivity index (χ4v) is 2.25. The van der Waals surface area contributed by atoms with Gasteiger partial charge in [0.15, 0.2) is 0 Å². The summed E-state index contributed by atoms with van der Waals surface area (Å²) in [7, 11) is 0. The van der Waals surface area contributed by atoms with Crippen molar-refractivity contribution in [2.24, 2.45) is 0 Å². The number of aromatic nitrogens is 2. The first kappa shape index (κ1) is 10.8. The minimum Gasteiger partial charge on any atom is -0.481 e. The van der Waals surface area contributed by atoms with Crippen LogP contribution in [0.15, 0.2) is 36.5 Å². The van der Waals surface area contributed by atoms with Crippen molar-refractivity contribution in [2.75, 3.05) is 0 Å². The van der Waals surface area contributed by atoms with Crippen molar-refractivity contribution in [3.8, 4) is 0 Å². The Morgan fingerprint density at radius 1 is 1.33 bits per heavy atom. The number of fused-ring (bicyclic) bond motifs is 3. The lowest BCUT2D eigenvalue weighted by molar-refractivity contribution is -0.136. The number of nitrogens with zero attached hydrogens (tertiary/aromatic N) is 2. The number of hydrogen-bond donors (Lipinski definition) is 1. The number of carbonyl (C=O) groups is 1. The zero-order valence-electron chi connectivity index (χ0n) is 9.92. The Kier molecular flexibility index (Phi) is 2.30. The summed E-state index contributed by atoms with van der Waals surface area (Å²) in [5.74, 6) is -0.846. The SMILES string of the molecule is Cc1ccc2c(ccc3ncc(CC(=O)O)n32)c1. The van der Waals surface area contributed by atoms with Crippen molar-refractivity contribution in [3.05, 3.63) is 47.8 Å². The van der Waals surface area contributed by atoms with Crippen LogP contribution in [0.2, 0.25) is 0 Å². The molecule has 3 rings (SSSR count). The van der Waals surface area contributed by atoms with Gasteiger partial charge in [-0.2, -0.15) is 0 Å². The van der Waals surface area contributed by atoms with E-state index in [0.717, 1.165) is 16.6 Å². The predicted octanol–water partition coefficient (Wildman–Crippen LogP) is 2.42. The number of pyridine rings is 1. The van der Waals surface area contributed by atoms with E-state index in [0.29, 0.717) is 5.69 Å². The number of imidazole rings is 1. The molecule has 0 atom stereocenters. The van der Waals surface area contributed by atoms with Crippen molar-refractivity contribution >= 4 is 22.5 Å². The van der Waals surface area contributed by atoms with Crippen LogP contribution >= 0.6 is 0 Å². The Bertz CT molecular complexity index is 759. The molecular formula is C14H12N2O2. The summed E-state index contributed by atoms with van der Waals surface area (Å²) in [6.07, 6.45) is 1.61. The van der Waals surface area contributed by atoms with Crippen LogP contribution in [0.5, 0.6) is 0 Å². The number of carboxylic acid groups (broad SMARTS) is 1. The smallest absolute Gasteiger partial charge is 0.309 e. The number of aliphatic carboxylic acids is 1. The highest BCUT2D eigenvalue weighted by molar-refractivity contribution is 5.83. The van der Waals surface area contributed by atoms with Gasteiger partial charge >= 0.3 is 5.97 Å². The maximum Gasteiger partial charge on any atom is 0.309 e. The van der Waals surface area contributed by atoms with E-state index in [4.69, 9.17) is 5.11 Å². The van der Waals surface area contributed by atoms with Gasteiger partial charge in [-0.05, 0) is 36.6 Å². The summed E-state index contributed by atoms with van der Waals surface area (Å²) in [5.41, 5.74) is 3.66. The first-order chi connectivity index (χ1) is 8.65. The molecular weight excluding hydrogens is 228 g/mol. The fraction of sp³-hybridized carbons (Fsp3) is 0.143. The maximum absolute atomic E-state index is 10.9. The third-order valence-electron chi connectivity index (χ3n) is 3.03. The van der Waals surface area contributed by atoms with Gasteiger partial charge in [0.2, 0.25) is 0 Å². The lowest BCUT2D eigenvalue weighted by Gasteiger charge is -2.05. The minimum absolute atomic E-state index is 0.0197. The van der Waals surface area contributed by atoms with E-state index >= 15 is 0 Å². The molecule has 18 heavy (non-hydrogen) atoms. The molecule has 1 N–H and O–H groups in total. The summed E-state index contributed by atoms with van der Waals surface area (Å²) in [5, 5.41) is 10.0. The molecule has 0 saturated carbocycles. The molecule has 0 aliphatic heterocycles. The average Bonchev–Trinajstić information content (AvgIpc) is 2.71. The van der Waals surface area contributed by atoms with Crippen LogP contribution in [-0.2, 0) is 11.2 Å². The quantitative estimate of drug-likeness (QED) is 0.748. The molecule has 0 radical (unpaired) electrons. The Morgan fingerprint density at radius 2 is 2.17 bits per heavy atom. The summed E-state index contributed by atoms with van der Waals surface area (Å²) < 4.78 is 1.91. The zero-order valence-corrected chi connectivity index (χ0v) is 9.92. The van der Waals surface area contributed by atoms with Crippen LogP contribution in [-0.4, -0.2) is 20.5 Å². The summed E-state index contributed by atoms with van der Waals surface area (Å²) in [6.45, 7) is 2.04. The van der Waals surface area contributed by atoms with Gasteiger partial charge in [-0.25, -0.2) is 4.98 Å². The zero-order chi connectivity index (χ0) is 12.7. The van der Waals surface area contributed by atoms with E-state index in [1.54, 1.807) is 6.20 Å². The molecule has 0 saturated heterocycles. The summed E-state index contributed by atoms with van der Waals surface area (Å²) in [4.78, 5) is 15.1. The van der Waals surface area contributed by atoms with Crippen molar-refractivity contribution < 1.29 is 9.90 Å². The molecule has 0 fully saturated rings. The highest BCUT2D eigenvalue weighted by atomic mass is 16.4. The van der Waals surface area contributed by atoms with Gasteiger partial charge in [0.1, 0.15) is 5.65 Å². The van der Waals surface area contributed by atoms with Crippen LogP contribution in [0.4, 0.5) is 0 Å². The van der Waals surface area contributed by atoms with Crippen molar-refractivity contribution in [3.63, 3.8) is 0 Å². The second-order valence-corrected chi connectivity index (χ2v) is 4.41. The van der Waals surface area contributed by atoms with Gasteiger partial charge in [-0.1, -0.05) is 11.6 Å². The number of carboxylic acids is 1. The monoisotopic (exact) mass is 240 g/mol. The molecule has 2 heterocycles. The topological polar surface area (TPSA) is 54.6 Å². The van der Waals surface area contributed by atoms with E-state index in [-0.39, 0.29) is 6.42 Å². The molecule has 0 unspecified atom stereocenters. The Balaban J connectivity index is 2.36. The molecule has 0 bridgehead atoms. The standard InChI is InChI=1S/C14H12N2O2/c1-9-2-4-12-10(6-9)3-5-13-15-8-11(16(12)13)7-14(17)18/h2-6,8H,7H2,1H3,(H,17,18). The van der Waals surface area contributed by atoms with Crippen LogP contribution < -0.4 is 0 Å². The van der Waals surface area contributed by atoms with Gasteiger partial charge in [0.25, 0.3) is 0 Å². The molecule has 0 aliphatic rings. The molecule has 90 valence electrons. The Labute approximate surface area is 104 Å². The number of hydrogen-bond acceptors (Lipinski definition) is 2. The van der Waals surface area contributed by atoms with Gasteiger partial charge in [-0.15, -0.1) is 0 Å². The predicted molar refractivity (Wildman–Crippen MR) is 68.8 cm³/mol. The molecule has 4 heteroatoms. The highest BCUT2D eigenvalue weighted by Gasteiger charge is 2.09. The van der Waals surface area contributed by atoms with Crippen molar-refractivity contribution in [2.45, 2.75) is 13.3 Å². The fourth-order valence-electron chi connectivity index (χ4n) is 2.25. The molecule has 0 amide bonds. The Morgan fingerprint density at radius 3 is 2.94 bits per heavy atom. The first-order valence-corrected chi connectivity index (χ1v) is 5.72. The normalized spacial score (nSPS) is 11.2. The van der Waals surface area contributed by atoms with Crippen LogP contribution in [0, 0.1) is 6.92 Å².